The molecule has 2 aromatic rings. The fraction of sp³-hybridized carbons (Fsp3) is 0.188. The van der Waals surface area contributed by atoms with Crippen LogP contribution in [0, 0.1) is 0 Å². The lowest BCUT2D eigenvalue weighted by molar-refractivity contribution is -0.0441. The lowest BCUT2D eigenvalue weighted by Gasteiger charge is -2.11. The number of nitrogens with two attached hydrogens (primary N) is 1. The van der Waals surface area contributed by atoms with Crippen LogP contribution in [0.15, 0.2) is 53.7 Å². The summed E-state index contributed by atoms with van der Waals surface area (Å²) in [7, 11) is 0. The first-order valence-electron chi connectivity index (χ1n) is 6.85. The van der Waals surface area contributed by atoms with Crippen LogP contribution in [-0.4, -0.2) is 24.3 Å². The maximum atomic E-state index is 8.62. The largest absolute Gasteiger partial charge is 0.457 e. The molecule has 0 bridgehead atoms. The third kappa shape index (κ3) is 3.19. The highest BCUT2D eigenvalue weighted by molar-refractivity contribution is 5.97. The Labute approximate surface area is 127 Å². The van der Waals surface area contributed by atoms with Gasteiger partial charge in [0.25, 0.3) is 0 Å². The van der Waals surface area contributed by atoms with Crippen molar-refractivity contribution in [3.05, 3.63) is 59.7 Å². The Balaban J connectivity index is 1.67. The zero-order valence-electron chi connectivity index (χ0n) is 11.8. The molecule has 1 saturated heterocycles. The summed E-state index contributed by atoms with van der Waals surface area (Å²) < 4.78 is 16.6. The second-order valence-corrected chi connectivity index (χ2v) is 4.75. The topological polar surface area (TPSA) is 86.3 Å². The quantitative estimate of drug-likeness (QED) is 0.392. The number of nitrogens with zero attached hydrogens (tertiary/aromatic N) is 1. The highest BCUT2D eigenvalue weighted by atomic mass is 16.7. The van der Waals surface area contributed by atoms with Crippen molar-refractivity contribution >= 4 is 5.84 Å². The predicted molar refractivity (Wildman–Crippen MR) is 80.1 cm³/mol. The first kappa shape index (κ1) is 14.4. The van der Waals surface area contributed by atoms with E-state index in [4.69, 9.17) is 25.2 Å². The molecule has 2 aromatic carbocycles. The smallest absolute Gasteiger partial charge is 0.184 e. The van der Waals surface area contributed by atoms with Gasteiger partial charge in [-0.05, 0) is 36.4 Å². The molecule has 1 aliphatic rings. The van der Waals surface area contributed by atoms with Crippen LogP contribution in [0.25, 0.3) is 0 Å². The Morgan fingerprint density at radius 3 is 2.09 bits per heavy atom. The van der Waals surface area contributed by atoms with E-state index in [1.165, 1.54) is 0 Å². The van der Waals surface area contributed by atoms with Crippen LogP contribution in [0.5, 0.6) is 11.5 Å². The maximum absolute atomic E-state index is 8.62. The minimum Gasteiger partial charge on any atom is -0.457 e. The van der Waals surface area contributed by atoms with Gasteiger partial charge in [0.2, 0.25) is 0 Å². The molecule has 114 valence electrons. The Morgan fingerprint density at radius 2 is 1.55 bits per heavy atom. The van der Waals surface area contributed by atoms with Gasteiger partial charge in [0.15, 0.2) is 12.1 Å². The highest BCUT2D eigenvalue weighted by Crippen LogP contribution is 2.27. The van der Waals surface area contributed by atoms with Gasteiger partial charge in [-0.25, -0.2) is 0 Å². The molecule has 1 fully saturated rings. The molecule has 0 spiro atoms. The molecule has 6 heteroatoms. The van der Waals surface area contributed by atoms with Crippen molar-refractivity contribution in [2.24, 2.45) is 10.9 Å². The van der Waals surface area contributed by atoms with Crippen molar-refractivity contribution in [3.63, 3.8) is 0 Å². The summed E-state index contributed by atoms with van der Waals surface area (Å²) in [5, 5.41) is 11.6. The summed E-state index contributed by atoms with van der Waals surface area (Å²) in [5.41, 5.74) is 7.10. The van der Waals surface area contributed by atoms with Crippen molar-refractivity contribution in [2.75, 3.05) is 13.2 Å². The summed E-state index contributed by atoms with van der Waals surface area (Å²) in [6, 6.07) is 14.5. The van der Waals surface area contributed by atoms with E-state index in [2.05, 4.69) is 5.16 Å². The molecule has 0 atom stereocenters. The van der Waals surface area contributed by atoms with Crippen LogP contribution < -0.4 is 10.5 Å². The number of benzene rings is 2. The third-order valence-corrected chi connectivity index (χ3v) is 3.27. The molecule has 1 heterocycles. The first-order chi connectivity index (χ1) is 10.8. The van der Waals surface area contributed by atoms with Gasteiger partial charge in [0.05, 0.1) is 13.2 Å². The molecular weight excluding hydrogens is 284 g/mol. The molecule has 3 rings (SSSR count). The molecule has 0 aromatic heterocycles. The molecule has 6 nitrogen and oxygen atoms in total. The van der Waals surface area contributed by atoms with Gasteiger partial charge in [0.1, 0.15) is 11.5 Å². The second-order valence-electron chi connectivity index (χ2n) is 4.75. The Kier molecular flexibility index (Phi) is 4.22. The average molecular weight is 300 g/mol. The van der Waals surface area contributed by atoms with Crippen LogP contribution in [0.4, 0.5) is 0 Å². The van der Waals surface area contributed by atoms with Crippen LogP contribution in [0.3, 0.4) is 0 Å². The normalized spacial score (nSPS) is 15.9. The van der Waals surface area contributed by atoms with Crippen LogP contribution in [-0.2, 0) is 9.47 Å². The Morgan fingerprint density at radius 1 is 1.00 bits per heavy atom. The third-order valence-electron chi connectivity index (χ3n) is 3.27. The zero-order valence-corrected chi connectivity index (χ0v) is 11.8. The number of rotatable bonds is 4. The van der Waals surface area contributed by atoms with Gasteiger partial charge in [-0.15, -0.1) is 0 Å². The van der Waals surface area contributed by atoms with Gasteiger partial charge < -0.3 is 25.2 Å². The summed E-state index contributed by atoms with van der Waals surface area (Å²) >= 11 is 0. The molecule has 0 saturated carbocycles. The lowest BCUT2D eigenvalue weighted by Crippen LogP contribution is -2.12. The zero-order chi connectivity index (χ0) is 15.4. The van der Waals surface area contributed by atoms with Crippen molar-refractivity contribution in [3.8, 4) is 11.5 Å². The number of hydrogen-bond acceptors (Lipinski definition) is 5. The Hall–Kier alpha value is -2.57. The minimum atomic E-state index is -0.283. The first-order valence-corrected chi connectivity index (χ1v) is 6.85. The predicted octanol–water partition coefficient (Wildman–Crippen LogP) is 2.62. The van der Waals surface area contributed by atoms with E-state index < -0.39 is 0 Å². The van der Waals surface area contributed by atoms with Crippen molar-refractivity contribution < 1.29 is 19.4 Å². The molecule has 0 amide bonds. The molecular formula is C16H16N2O4. The van der Waals surface area contributed by atoms with E-state index in [1.807, 2.05) is 24.3 Å². The molecule has 0 radical (unpaired) electrons. The van der Waals surface area contributed by atoms with Gasteiger partial charge >= 0.3 is 0 Å². The van der Waals surface area contributed by atoms with E-state index in [9.17, 15) is 0 Å². The van der Waals surface area contributed by atoms with Crippen LogP contribution >= 0.6 is 0 Å². The van der Waals surface area contributed by atoms with Crippen molar-refractivity contribution in [1.29, 1.82) is 0 Å². The molecule has 0 unspecified atom stereocenters. The van der Waals surface area contributed by atoms with Crippen molar-refractivity contribution in [1.82, 2.24) is 0 Å². The summed E-state index contributed by atoms with van der Waals surface area (Å²) in [6.45, 7) is 1.24. The SMILES string of the molecule is N/C(=N\O)c1ccc(Oc2ccc(C3OCCO3)cc2)cc1. The van der Waals surface area contributed by atoms with Gasteiger partial charge in [0, 0.05) is 11.1 Å². The van der Waals surface area contributed by atoms with E-state index in [-0.39, 0.29) is 12.1 Å². The second kappa shape index (κ2) is 6.46. The van der Waals surface area contributed by atoms with E-state index >= 15 is 0 Å². The summed E-state index contributed by atoms with van der Waals surface area (Å²) in [5.74, 6) is 1.43. The van der Waals surface area contributed by atoms with Crippen LogP contribution in [0.2, 0.25) is 0 Å². The number of oxime groups is 1. The fourth-order valence-corrected chi connectivity index (χ4v) is 2.13. The van der Waals surface area contributed by atoms with Gasteiger partial charge in [-0.3, -0.25) is 0 Å². The van der Waals surface area contributed by atoms with Gasteiger partial charge in [-0.2, -0.15) is 0 Å². The molecule has 3 N–H and O–H groups in total. The maximum Gasteiger partial charge on any atom is 0.184 e. The molecule has 0 aliphatic carbocycles. The monoisotopic (exact) mass is 300 g/mol. The minimum absolute atomic E-state index is 0.0625. The average Bonchev–Trinajstić information content (AvgIpc) is 3.10. The fourth-order valence-electron chi connectivity index (χ4n) is 2.13. The number of ether oxygens (including phenoxy) is 3. The standard InChI is InChI=1S/C16H16N2O4/c17-15(18-19)11-1-5-13(6-2-11)22-14-7-3-12(4-8-14)16-20-9-10-21-16/h1-8,16,19H,9-10H2,(H2,17,18). The van der Waals surface area contributed by atoms with E-state index in [0.29, 0.717) is 30.3 Å². The molecule has 1 aliphatic heterocycles. The van der Waals surface area contributed by atoms with Gasteiger partial charge in [-0.1, -0.05) is 17.3 Å². The van der Waals surface area contributed by atoms with Crippen LogP contribution in [0.1, 0.15) is 17.4 Å². The van der Waals surface area contributed by atoms with E-state index in [0.717, 1.165) is 5.56 Å². The lowest BCUT2D eigenvalue weighted by atomic mass is 10.2. The Bertz CT molecular complexity index is 647. The molecule has 22 heavy (non-hydrogen) atoms. The number of hydrogen-bond donors (Lipinski definition) is 2. The summed E-state index contributed by atoms with van der Waals surface area (Å²) in [4.78, 5) is 0. The number of amidine groups is 1. The summed E-state index contributed by atoms with van der Waals surface area (Å²) in [6.07, 6.45) is -0.283. The van der Waals surface area contributed by atoms with Crippen molar-refractivity contribution in [2.45, 2.75) is 6.29 Å². The van der Waals surface area contributed by atoms with E-state index in [1.54, 1.807) is 24.3 Å². The highest BCUT2D eigenvalue weighted by Gasteiger charge is 2.17.